The third kappa shape index (κ3) is 2.67. The minimum absolute atomic E-state index is 0.0896. The van der Waals surface area contributed by atoms with Gasteiger partial charge in [-0.3, -0.25) is 0 Å². The molecule has 19 heavy (non-hydrogen) atoms. The summed E-state index contributed by atoms with van der Waals surface area (Å²) in [6, 6.07) is 5.20. The van der Waals surface area contributed by atoms with E-state index >= 15 is 0 Å². The van der Waals surface area contributed by atoms with Gasteiger partial charge in [-0.2, -0.15) is 4.31 Å². The summed E-state index contributed by atoms with van der Waals surface area (Å²) >= 11 is 5.94. The Balaban J connectivity index is 2.39. The molecule has 0 aromatic heterocycles. The van der Waals surface area contributed by atoms with Gasteiger partial charge in [0.1, 0.15) is 0 Å². The number of aryl methyl sites for hydroxylation is 2. The van der Waals surface area contributed by atoms with Crippen LogP contribution in [-0.4, -0.2) is 31.2 Å². The Labute approximate surface area is 120 Å². The molecule has 1 aromatic rings. The number of rotatable bonds is 3. The molecule has 0 bridgehead atoms. The first kappa shape index (κ1) is 14.8. The van der Waals surface area contributed by atoms with E-state index in [1.807, 2.05) is 19.9 Å². The number of sulfonamides is 1. The number of halogens is 1. The van der Waals surface area contributed by atoms with E-state index in [1.165, 1.54) is 0 Å². The molecular formula is C14H20ClNO2S. The SMILES string of the molecule is Cc1ccc(S(=O)(=O)N2CCC(C)C2CCl)cc1C. The fourth-order valence-corrected chi connectivity index (χ4v) is 4.88. The first-order chi connectivity index (χ1) is 8.87. The van der Waals surface area contributed by atoms with E-state index in [2.05, 4.69) is 6.92 Å². The summed E-state index contributed by atoms with van der Waals surface area (Å²) in [5.41, 5.74) is 2.10. The van der Waals surface area contributed by atoms with E-state index in [0.29, 0.717) is 23.2 Å². The van der Waals surface area contributed by atoms with Crippen molar-refractivity contribution in [1.82, 2.24) is 4.31 Å². The normalized spacial score (nSPS) is 24.8. The average molecular weight is 302 g/mol. The lowest BCUT2D eigenvalue weighted by molar-refractivity contribution is 0.375. The highest BCUT2D eigenvalue weighted by molar-refractivity contribution is 7.89. The van der Waals surface area contributed by atoms with Crippen LogP contribution in [0.1, 0.15) is 24.5 Å². The van der Waals surface area contributed by atoms with Crippen LogP contribution >= 0.6 is 11.6 Å². The molecule has 0 N–H and O–H groups in total. The summed E-state index contributed by atoms with van der Waals surface area (Å²) in [7, 11) is -3.42. The number of alkyl halides is 1. The molecule has 2 unspecified atom stereocenters. The molecule has 106 valence electrons. The molecule has 0 radical (unpaired) electrons. The molecule has 1 saturated heterocycles. The first-order valence-corrected chi connectivity index (χ1v) is 8.50. The van der Waals surface area contributed by atoms with E-state index in [0.717, 1.165) is 17.5 Å². The fraction of sp³-hybridized carbons (Fsp3) is 0.571. The highest BCUT2D eigenvalue weighted by Gasteiger charge is 2.38. The van der Waals surface area contributed by atoms with E-state index in [4.69, 9.17) is 11.6 Å². The van der Waals surface area contributed by atoms with Gasteiger partial charge >= 0.3 is 0 Å². The number of nitrogens with zero attached hydrogens (tertiary/aromatic N) is 1. The summed E-state index contributed by atoms with van der Waals surface area (Å²) in [6.07, 6.45) is 0.876. The van der Waals surface area contributed by atoms with Crippen LogP contribution in [0, 0.1) is 19.8 Å². The Kier molecular flexibility index (Phi) is 4.23. The summed E-state index contributed by atoms with van der Waals surface area (Å²) in [5.74, 6) is 0.671. The summed E-state index contributed by atoms with van der Waals surface area (Å²) in [4.78, 5) is 0.375. The van der Waals surface area contributed by atoms with Gasteiger partial charge in [0.2, 0.25) is 10.0 Å². The minimum Gasteiger partial charge on any atom is -0.207 e. The second-order valence-corrected chi connectivity index (χ2v) is 7.55. The van der Waals surface area contributed by atoms with Crippen molar-refractivity contribution >= 4 is 21.6 Å². The predicted octanol–water partition coefficient (Wildman–Crippen LogP) is 2.94. The quantitative estimate of drug-likeness (QED) is 0.805. The largest absolute Gasteiger partial charge is 0.243 e. The van der Waals surface area contributed by atoms with Gasteiger partial charge in [-0.15, -0.1) is 11.6 Å². The Morgan fingerprint density at radius 2 is 2.00 bits per heavy atom. The lowest BCUT2D eigenvalue weighted by Crippen LogP contribution is -2.38. The molecule has 3 nitrogen and oxygen atoms in total. The van der Waals surface area contributed by atoms with Crippen LogP contribution in [0.2, 0.25) is 0 Å². The Morgan fingerprint density at radius 1 is 1.32 bits per heavy atom. The highest BCUT2D eigenvalue weighted by atomic mass is 35.5. The Bertz CT molecular complexity index is 571. The molecule has 0 amide bonds. The van der Waals surface area contributed by atoms with Crippen molar-refractivity contribution in [2.45, 2.75) is 38.1 Å². The maximum atomic E-state index is 12.7. The van der Waals surface area contributed by atoms with Crippen LogP contribution in [0.5, 0.6) is 0 Å². The number of hydrogen-bond donors (Lipinski definition) is 0. The van der Waals surface area contributed by atoms with Gasteiger partial charge in [-0.1, -0.05) is 13.0 Å². The third-order valence-electron chi connectivity index (χ3n) is 4.07. The van der Waals surface area contributed by atoms with Crippen molar-refractivity contribution < 1.29 is 8.42 Å². The van der Waals surface area contributed by atoms with Gasteiger partial charge < -0.3 is 0 Å². The molecule has 1 aliphatic heterocycles. The molecule has 0 saturated carbocycles. The molecule has 1 heterocycles. The van der Waals surface area contributed by atoms with Crippen molar-refractivity contribution in [2.24, 2.45) is 5.92 Å². The molecule has 5 heteroatoms. The molecule has 1 aromatic carbocycles. The van der Waals surface area contributed by atoms with Crippen molar-refractivity contribution in [1.29, 1.82) is 0 Å². The van der Waals surface area contributed by atoms with Crippen molar-refractivity contribution in [2.75, 3.05) is 12.4 Å². The molecular weight excluding hydrogens is 282 g/mol. The van der Waals surface area contributed by atoms with Gasteiger partial charge in [0, 0.05) is 18.5 Å². The van der Waals surface area contributed by atoms with Gasteiger partial charge in [0.05, 0.1) is 4.90 Å². The van der Waals surface area contributed by atoms with Gasteiger partial charge in [-0.25, -0.2) is 8.42 Å². The lowest BCUT2D eigenvalue weighted by Gasteiger charge is -2.24. The van der Waals surface area contributed by atoms with Gasteiger partial charge in [0.15, 0.2) is 0 Å². The zero-order chi connectivity index (χ0) is 14.2. The zero-order valence-electron chi connectivity index (χ0n) is 11.6. The third-order valence-corrected chi connectivity index (χ3v) is 6.31. The van der Waals surface area contributed by atoms with Crippen LogP contribution in [0.15, 0.2) is 23.1 Å². The smallest absolute Gasteiger partial charge is 0.207 e. The van der Waals surface area contributed by atoms with E-state index in [-0.39, 0.29) is 6.04 Å². The van der Waals surface area contributed by atoms with Crippen molar-refractivity contribution in [3.63, 3.8) is 0 Å². The second kappa shape index (κ2) is 5.43. The highest BCUT2D eigenvalue weighted by Crippen LogP contribution is 2.31. The zero-order valence-corrected chi connectivity index (χ0v) is 13.1. The maximum Gasteiger partial charge on any atom is 0.243 e. The van der Waals surface area contributed by atoms with E-state index in [9.17, 15) is 8.42 Å². The number of hydrogen-bond acceptors (Lipinski definition) is 2. The Morgan fingerprint density at radius 3 is 2.58 bits per heavy atom. The van der Waals surface area contributed by atoms with Crippen LogP contribution in [0.25, 0.3) is 0 Å². The lowest BCUT2D eigenvalue weighted by atomic mass is 10.1. The Hall–Kier alpha value is -0.580. The topological polar surface area (TPSA) is 37.4 Å². The molecule has 1 fully saturated rings. The summed E-state index contributed by atoms with van der Waals surface area (Å²) in [5, 5.41) is 0. The van der Waals surface area contributed by atoms with Crippen LogP contribution in [-0.2, 0) is 10.0 Å². The molecule has 0 spiro atoms. The molecule has 0 aliphatic carbocycles. The summed E-state index contributed by atoms with van der Waals surface area (Å²) < 4.78 is 26.9. The van der Waals surface area contributed by atoms with Crippen LogP contribution < -0.4 is 0 Å². The standard InChI is InChI=1S/C14H20ClNO2S/c1-10-4-5-13(8-12(10)3)19(17,18)16-7-6-11(2)14(16)9-15/h4-5,8,11,14H,6-7,9H2,1-3H3. The predicted molar refractivity (Wildman–Crippen MR) is 78.1 cm³/mol. The van der Waals surface area contributed by atoms with Crippen molar-refractivity contribution in [3.05, 3.63) is 29.3 Å². The van der Waals surface area contributed by atoms with E-state index < -0.39 is 10.0 Å². The van der Waals surface area contributed by atoms with Crippen LogP contribution in [0.3, 0.4) is 0 Å². The monoisotopic (exact) mass is 301 g/mol. The molecule has 2 rings (SSSR count). The van der Waals surface area contributed by atoms with Crippen LogP contribution in [0.4, 0.5) is 0 Å². The van der Waals surface area contributed by atoms with Gasteiger partial charge in [-0.05, 0) is 49.4 Å². The molecule has 2 atom stereocenters. The second-order valence-electron chi connectivity index (χ2n) is 5.35. The summed E-state index contributed by atoms with van der Waals surface area (Å²) in [6.45, 7) is 6.53. The number of benzene rings is 1. The van der Waals surface area contributed by atoms with Crippen molar-refractivity contribution in [3.8, 4) is 0 Å². The fourth-order valence-electron chi connectivity index (χ4n) is 2.51. The van der Waals surface area contributed by atoms with Gasteiger partial charge in [0.25, 0.3) is 0 Å². The maximum absolute atomic E-state index is 12.7. The average Bonchev–Trinajstić information content (AvgIpc) is 2.74. The minimum atomic E-state index is -3.42. The van der Waals surface area contributed by atoms with E-state index in [1.54, 1.807) is 16.4 Å². The molecule has 1 aliphatic rings. The first-order valence-electron chi connectivity index (χ1n) is 6.53.